The van der Waals surface area contributed by atoms with Gasteiger partial charge in [-0.1, -0.05) is 23.8 Å². The van der Waals surface area contributed by atoms with Crippen LogP contribution in [0.5, 0.6) is 0 Å². The highest BCUT2D eigenvalue weighted by atomic mass is 15.4. The van der Waals surface area contributed by atoms with Crippen molar-refractivity contribution in [2.45, 2.75) is 19.8 Å². The molecule has 0 aromatic carbocycles. The molecule has 1 unspecified atom stereocenters. The summed E-state index contributed by atoms with van der Waals surface area (Å²) >= 11 is 0. The smallest absolute Gasteiger partial charge is 0.177 e. The van der Waals surface area contributed by atoms with E-state index < -0.39 is 0 Å². The van der Waals surface area contributed by atoms with Crippen molar-refractivity contribution in [3.63, 3.8) is 0 Å². The van der Waals surface area contributed by atoms with Crippen LogP contribution in [0, 0.1) is 5.92 Å². The first-order valence-electron chi connectivity index (χ1n) is 8.94. The fraction of sp³-hybridized carbons (Fsp3) is 0.190. The van der Waals surface area contributed by atoms with Crippen molar-refractivity contribution in [3.05, 3.63) is 78.6 Å². The van der Waals surface area contributed by atoms with Gasteiger partial charge in [0.05, 0.1) is 5.69 Å². The molecule has 3 aromatic rings. The van der Waals surface area contributed by atoms with E-state index in [1.54, 1.807) is 12.4 Å². The number of rotatable bonds is 3. The lowest BCUT2D eigenvalue weighted by molar-refractivity contribution is 0.614. The molecule has 6 heteroatoms. The molecule has 1 aliphatic heterocycles. The minimum absolute atomic E-state index is 0.301. The molecule has 1 aliphatic rings. The van der Waals surface area contributed by atoms with E-state index in [1.165, 1.54) is 5.57 Å². The quantitative estimate of drug-likeness (QED) is 0.715. The van der Waals surface area contributed by atoms with Gasteiger partial charge in [0.15, 0.2) is 11.5 Å². The van der Waals surface area contributed by atoms with Crippen LogP contribution in [0.15, 0.2) is 77.7 Å². The lowest BCUT2D eigenvalue weighted by atomic mass is 9.97. The number of pyridine rings is 1. The lowest BCUT2D eigenvalue weighted by Gasteiger charge is -2.11. The highest BCUT2D eigenvalue weighted by Gasteiger charge is 2.14. The molecule has 0 fully saturated rings. The van der Waals surface area contributed by atoms with Gasteiger partial charge < -0.3 is 0 Å². The molecule has 27 heavy (non-hydrogen) atoms. The summed E-state index contributed by atoms with van der Waals surface area (Å²) in [4.78, 5) is 8.40. The molecule has 0 saturated carbocycles. The van der Waals surface area contributed by atoms with Crippen LogP contribution < -0.4 is 0 Å². The van der Waals surface area contributed by atoms with Gasteiger partial charge in [0.1, 0.15) is 0 Å². The highest BCUT2D eigenvalue weighted by Crippen LogP contribution is 2.19. The van der Waals surface area contributed by atoms with Crippen LogP contribution in [0.2, 0.25) is 0 Å². The molecular weight excluding hydrogens is 336 g/mol. The van der Waals surface area contributed by atoms with Crippen LogP contribution in [-0.2, 0) is 6.42 Å². The van der Waals surface area contributed by atoms with Crippen molar-refractivity contribution in [1.82, 2.24) is 24.8 Å². The molecule has 0 amide bonds. The predicted molar refractivity (Wildman–Crippen MR) is 106 cm³/mol. The molecule has 3 aromatic heterocycles. The molecule has 0 N–H and O–H groups in total. The van der Waals surface area contributed by atoms with Gasteiger partial charge >= 0.3 is 0 Å². The molecule has 0 aliphatic carbocycles. The molecule has 4 heterocycles. The van der Waals surface area contributed by atoms with Crippen molar-refractivity contribution in [2.75, 3.05) is 0 Å². The minimum atomic E-state index is 0.301. The summed E-state index contributed by atoms with van der Waals surface area (Å²) < 4.78 is 1.84. The summed E-state index contributed by atoms with van der Waals surface area (Å²) in [6, 6.07) is 7.79. The maximum atomic E-state index is 4.74. The summed E-state index contributed by atoms with van der Waals surface area (Å²) in [6.07, 6.45) is 17.2. The maximum absolute atomic E-state index is 4.74. The zero-order valence-corrected chi connectivity index (χ0v) is 15.1. The Balaban J connectivity index is 1.66. The Morgan fingerprint density at radius 2 is 2.15 bits per heavy atom. The first-order chi connectivity index (χ1) is 13.3. The van der Waals surface area contributed by atoms with Crippen LogP contribution in [0.1, 0.15) is 19.2 Å². The van der Waals surface area contributed by atoms with Crippen molar-refractivity contribution in [3.8, 4) is 11.3 Å². The number of hydrogen-bond acceptors (Lipinski definition) is 5. The van der Waals surface area contributed by atoms with Gasteiger partial charge in [-0.3, -0.25) is 9.98 Å². The van der Waals surface area contributed by atoms with Crippen molar-refractivity contribution in [1.29, 1.82) is 0 Å². The number of aromatic nitrogens is 5. The van der Waals surface area contributed by atoms with Gasteiger partial charge in [0.25, 0.3) is 0 Å². The third-order valence-electron chi connectivity index (χ3n) is 4.39. The van der Waals surface area contributed by atoms with E-state index in [2.05, 4.69) is 45.3 Å². The average molecular weight is 356 g/mol. The number of fused-ring (bicyclic) bond motifs is 1. The van der Waals surface area contributed by atoms with Crippen LogP contribution in [0.25, 0.3) is 16.9 Å². The number of aliphatic imine (C=N–C) groups is 1. The van der Waals surface area contributed by atoms with Crippen molar-refractivity contribution >= 4 is 11.9 Å². The van der Waals surface area contributed by atoms with E-state index in [9.17, 15) is 0 Å². The molecule has 1 atom stereocenters. The molecule has 0 spiro atoms. The van der Waals surface area contributed by atoms with E-state index in [4.69, 9.17) is 5.10 Å². The van der Waals surface area contributed by atoms with Gasteiger partial charge in [-0.05, 0) is 49.6 Å². The third kappa shape index (κ3) is 4.06. The number of hydrogen-bond donors (Lipinski definition) is 0. The first-order valence-corrected chi connectivity index (χ1v) is 8.94. The van der Waals surface area contributed by atoms with Gasteiger partial charge in [-0.15, -0.1) is 10.2 Å². The summed E-state index contributed by atoms with van der Waals surface area (Å²) in [7, 11) is 0. The zero-order valence-electron chi connectivity index (χ0n) is 15.1. The van der Waals surface area contributed by atoms with Crippen LogP contribution in [0.3, 0.4) is 0 Å². The van der Waals surface area contributed by atoms with Crippen LogP contribution >= 0.6 is 0 Å². The van der Waals surface area contributed by atoms with E-state index >= 15 is 0 Å². The van der Waals surface area contributed by atoms with Gasteiger partial charge in [0, 0.05) is 36.8 Å². The topological polar surface area (TPSA) is 68.3 Å². The molecule has 4 rings (SSSR count). The summed E-state index contributed by atoms with van der Waals surface area (Å²) in [5.41, 5.74) is 3.78. The number of allylic oxidation sites excluding steroid dienone is 5. The second-order valence-electron chi connectivity index (χ2n) is 6.50. The summed E-state index contributed by atoms with van der Waals surface area (Å²) in [5.74, 6) is 1.15. The molecule has 134 valence electrons. The Morgan fingerprint density at radius 3 is 3.04 bits per heavy atom. The standard InChI is InChI=1S/C21H20N6/c1-16-5-2-10-22-11-3-6-17(13-16)14-21-25-24-20-9-8-19(26-27(20)21)18-7-4-12-23-15-18/h2-5,7-13,15,17H,6,14H2,1H3/b5-2?,11-3+,16-13?,22-10?. The van der Waals surface area contributed by atoms with Gasteiger partial charge in [-0.2, -0.15) is 9.61 Å². The maximum Gasteiger partial charge on any atom is 0.177 e. The average Bonchev–Trinajstić information content (AvgIpc) is 3.10. The number of nitrogens with zero attached hydrogens (tertiary/aromatic N) is 6. The normalized spacial score (nSPS) is 18.4. The highest BCUT2D eigenvalue weighted by molar-refractivity contribution is 5.72. The van der Waals surface area contributed by atoms with E-state index in [0.717, 1.165) is 35.6 Å². The molecule has 0 bridgehead atoms. The monoisotopic (exact) mass is 356 g/mol. The van der Waals surface area contributed by atoms with Crippen molar-refractivity contribution in [2.24, 2.45) is 10.9 Å². The van der Waals surface area contributed by atoms with Crippen LogP contribution in [0.4, 0.5) is 0 Å². The second-order valence-corrected chi connectivity index (χ2v) is 6.50. The summed E-state index contributed by atoms with van der Waals surface area (Å²) in [5, 5.41) is 13.4. The molecule has 0 radical (unpaired) electrons. The van der Waals surface area contributed by atoms with E-state index in [-0.39, 0.29) is 0 Å². The molecular formula is C21H20N6. The molecule has 6 nitrogen and oxygen atoms in total. The van der Waals surface area contributed by atoms with Crippen molar-refractivity contribution < 1.29 is 0 Å². The van der Waals surface area contributed by atoms with Crippen LogP contribution in [-0.4, -0.2) is 31.0 Å². The van der Waals surface area contributed by atoms with E-state index in [0.29, 0.717) is 5.92 Å². The lowest BCUT2D eigenvalue weighted by Crippen LogP contribution is -2.07. The fourth-order valence-corrected chi connectivity index (χ4v) is 3.09. The largest absolute Gasteiger partial charge is 0.265 e. The Labute approximate surface area is 157 Å². The zero-order chi connectivity index (χ0) is 18.5. The first kappa shape index (κ1) is 17.0. The Kier molecular flexibility index (Phi) is 4.96. The summed E-state index contributed by atoms with van der Waals surface area (Å²) in [6.45, 7) is 2.10. The molecule has 0 saturated heterocycles. The fourth-order valence-electron chi connectivity index (χ4n) is 3.09. The van der Waals surface area contributed by atoms with E-state index in [1.807, 2.05) is 47.3 Å². The minimum Gasteiger partial charge on any atom is -0.265 e. The Hall–Kier alpha value is -3.41. The SMILES string of the molecule is CC1=CC(Cc2nnc3ccc(-c4cccnc4)nn23)C/C=C/N=CC=C1. The second kappa shape index (κ2) is 7.86. The Morgan fingerprint density at radius 1 is 1.19 bits per heavy atom. The predicted octanol–water partition coefficient (Wildman–Crippen LogP) is 3.84. The third-order valence-corrected chi connectivity index (χ3v) is 4.39. The van der Waals surface area contributed by atoms with Gasteiger partial charge in [0.2, 0.25) is 0 Å². The van der Waals surface area contributed by atoms with Gasteiger partial charge in [-0.25, -0.2) is 0 Å². The Bertz CT molecular complexity index is 1040.